The Labute approximate surface area is 368 Å². The van der Waals surface area contributed by atoms with Gasteiger partial charge in [0.2, 0.25) is 0 Å². The van der Waals surface area contributed by atoms with Gasteiger partial charge in [-0.15, -0.1) is 0 Å². The highest BCUT2D eigenvalue weighted by atomic mass is 16.5. The second-order valence-electron chi connectivity index (χ2n) is 22.2. The van der Waals surface area contributed by atoms with Crippen LogP contribution in [-0.2, 0) is 4.74 Å². The average molecular weight is 811 g/mol. The van der Waals surface area contributed by atoms with Gasteiger partial charge in [-0.1, -0.05) is 230 Å². The van der Waals surface area contributed by atoms with Crippen LogP contribution in [0.5, 0.6) is 0 Å². The van der Waals surface area contributed by atoms with E-state index >= 15 is 0 Å². The molecule has 6 aliphatic rings. The van der Waals surface area contributed by atoms with Gasteiger partial charge in [-0.2, -0.15) is 0 Å². The summed E-state index contributed by atoms with van der Waals surface area (Å²) in [5, 5.41) is 0. The van der Waals surface area contributed by atoms with Crippen LogP contribution < -0.4 is 0 Å². The highest BCUT2D eigenvalue weighted by molar-refractivity contribution is 5.28. The van der Waals surface area contributed by atoms with Gasteiger partial charge in [0.1, 0.15) is 0 Å². The lowest BCUT2D eigenvalue weighted by Crippen LogP contribution is -2.48. The van der Waals surface area contributed by atoms with Gasteiger partial charge in [-0.05, 0) is 98.7 Å². The summed E-state index contributed by atoms with van der Waals surface area (Å²) in [5.41, 5.74) is 1.43. The first-order chi connectivity index (χ1) is 29.0. The van der Waals surface area contributed by atoms with Gasteiger partial charge in [0, 0.05) is 22.7 Å². The van der Waals surface area contributed by atoms with E-state index in [-0.39, 0.29) is 10.8 Å². The second kappa shape index (κ2) is 24.1. The Balaban J connectivity index is 1.11. The standard InChI is InChI=1S/C58H98O/c1-5-9-11-13-17-37-55(57(39-19-15-20-40-57)53-29-25-49(23-7-3)26-30-53)43-33-51(34-44-55)47-59-48-52-35-45-56(46-36-52,38-18-14-12-10-6-2)58(41-21-16-22-42-58)54-31-27-50(24-8-4)28-32-54/h33-36,43-46,49-54H,5-32,37-42,47-48H2,1-4H3. The minimum Gasteiger partial charge on any atom is -0.380 e. The Kier molecular flexibility index (Phi) is 19.4. The van der Waals surface area contributed by atoms with Crippen molar-refractivity contribution in [3.05, 3.63) is 48.6 Å². The van der Waals surface area contributed by atoms with Crippen molar-refractivity contribution in [3.8, 4) is 0 Å². The SMILES string of the molecule is CCCCCCCC1(C2(C3CCC(CCC)CC3)CCCCC2)C=CC(COCC2C=CC(CCCCCCC)(C3(C4CCC(CCC)CC4)CCCCC3)C=C2)C=C1. The zero-order chi connectivity index (χ0) is 41.3. The maximum atomic E-state index is 6.74. The first kappa shape index (κ1) is 47.4. The number of unbranched alkanes of at least 4 members (excludes halogenated alkanes) is 8. The third kappa shape index (κ3) is 11.7. The summed E-state index contributed by atoms with van der Waals surface area (Å²) in [6.07, 6.45) is 70.5. The fourth-order valence-electron chi connectivity index (χ4n) is 15.2. The lowest BCUT2D eigenvalue weighted by molar-refractivity contribution is -0.0295. The Morgan fingerprint density at radius 1 is 0.407 bits per heavy atom. The zero-order valence-corrected chi connectivity index (χ0v) is 39.9. The van der Waals surface area contributed by atoms with Crippen LogP contribution in [0.3, 0.4) is 0 Å². The van der Waals surface area contributed by atoms with E-state index in [0.717, 1.165) is 36.9 Å². The van der Waals surface area contributed by atoms with E-state index in [0.29, 0.717) is 22.7 Å². The monoisotopic (exact) mass is 811 g/mol. The maximum Gasteiger partial charge on any atom is 0.0563 e. The summed E-state index contributed by atoms with van der Waals surface area (Å²) < 4.78 is 6.74. The largest absolute Gasteiger partial charge is 0.380 e. The number of ether oxygens (including phenoxy) is 1. The molecule has 336 valence electrons. The highest BCUT2D eigenvalue weighted by Gasteiger charge is 2.55. The van der Waals surface area contributed by atoms with Crippen molar-refractivity contribution in [2.24, 2.45) is 57.2 Å². The molecule has 0 bridgehead atoms. The van der Waals surface area contributed by atoms with Gasteiger partial charge in [-0.3, -0.25) is 0 Å². The summed E-state index contributed by atoms with van der Waals surface area (Å²) in [6, 6.07) is 0. The molecule has 0 amide bonds. The maximum absolute atomic E-state index is 6.74. The predicted octanol–water partition coefficient (Wildman–Crippen LogP) is 18.3. The van der Waals surface area contributed by atoms with Crippen LogP contribution in [0.15, 0.2) is 48.6 Å². The zero-order valence-electron chi connectivity index (χ0n) is 39.9. The van der Waals surface area contributed by atoms with E-state index < -0.39 is 0 Å². The van der Waals surface area contributed by atoms with Crippen molar-refractivity contribution in [1.82, 2.24) is 0 Å². The summed E-state index contributed by atoms with van der Waals surface area (Å²) in [7, 11) is 0. The molecule has 1 heteroatoms. The Morgan fingerprint density at radius 2 is 0.763 bits per heavy atom. The minimum atomic E-state index is 0.247. The van der Waals surface area contributed by atoms with Crippen LogP contribution in [0.4, 0.5) is 0 Å². The molecule has 0 aromatic rings. The van der Waals surface area contributed by atoms with E-state index in [1.807, 2.05) is 0 Å². The molecule has 0 aromatic carbocycles. The van der Waals surface area contributed by atoms with Crippen molar-refractivity contribution < 1.29 is 4.74 Å². The molecule has 4 fully saturated rings. The normalized spacial score (nSPS) is 34.3. The van der Waals surface area contributed by atoms with Crippen LogP contribution in [0.2, 0.25) is 0 Å². The number of allylic oxidation sites excluding steroid dienone is 4. The average Bonchev–Trinajstić information content (AvgIpc) is 3.28. The molecule has 0 radical (unpaired) electrons. The lowest BCUT2D eigenvalue weighted by Gasteiger charge is -2.57. The molecule has 0 aliphatic heterocycles. The molecular weight excluding hydrogens is 713 g/mol. The molecule has 0 spiro atoms. The minimum absolute atomic E-state index is 0.247. The quantitative estimate of drug-likeness (QED) is 0.0697. The van der Waals surface area contributed by atoms with Crippen LogP contribution in [0, 0.1) is 57.2 Å². The van der Waals surface area contributed by atoms with Gasteiger partial charge in [0.05, 0.1) is 13.2 Å². The first-order valence-electron chi connectivity index (χ1n) is 27.3. The third-order valence-corrected chi connectivity index (χ3v) is 18.6. The molecule has 0 N–H and O–H groups in total. The van der Waals surface area contributed by atoms with E-state index in [1.165, 1.54) is 218 Å². The van der Waals surface area contributed by atoms with Gasteiger partial charge in [-0.25, -0.2) is 0 Å². The van der Waals surface area contributed by atoms with Crippen LogP contribution in [-0.4, -0.2) is 13.2 Å². The molecule has 0 unspecified atom stereocenters. The molecule has 0 heterocycles. The highest BCUT2D eigenvalue weighted by Crippen LogP contribution is 2.64. The summed E-state index contributed by atoms with van der Waals surface area (Å²) in [6.45, 7) is 11.2. The van der Waals surface area contributed by atoms with E-state index in [4.69, 9.17) is 4.74 Å². The molecule has 6 aliphatic carbocycles. The van der Waals surface area contributed by atoms with Gasteiger partial charge >= 0.3 is 0 Å². The lowest BCUT2D eigenvalue weighted by atomic mass is 9.47. The molecular formula is C58H98O. The third-order valence-electron chi connectivity index (χ3n) is 18.6. The Morgan fingerprint density at radius 3 is 1.10 bits per heavy atom. The summed E-state index contributed by atoms with van der Waals surface area (Å²) >= 11 is 0. The second-order valence-corrected chi connectivity index (χ2v) is 22.2. The fraction of sp³-hybridized carbons (Fsp3) is 0.862. The Bertz CT molecular complexity index is 1140. The molecule has 0 atom stereocenters. The predicted molar refractivity (Wildman–Crippen MR) is 258 cm³/mol. The van der Waals surface area contributed by atoms with Crippen molar-refractivity contribution >= 4 is 0 Å². The topological polar surface area (TPSA) is 9.23 Å². The van der Waals surface area contributed by atoms with Crippen molar-refractivity contribution in [3.63, 3.8) is 0 Å². The number of hydrogen-bond donors (Lipinski definition) is 0. The van der Waals surface area contributed by atoms with Crippen LogP contribution >= 0.6 is 0 Å². The fourth-order valence-corrected chi connectivity index (χ4v) is 15.2. The number of rotatable bonds is 24. The van der Waals surface area contributed by atoms with Crippen LogP contribution in [0.25, 0.3) is 0 Å². The summed E-state index contributed by atoms with van der Waals surface area (Å²) in [5.74, 6) is 4.62. The first-order valence-corrected chi connectivity index (χ1v) is 27.3. The molecule has 4 saturated carbocycles. The van der Waals surface area contributed by atoms with Crippen molar-refractivity contribution in [2.45, 2.75) is 246 Å². The van der Waals surface area contributed by atoms with E-state index in [2.05, 4.69) is 76.3 Å². The molecule has 1 nitrogen and oxygen atoms in total. The van der Waals surface area contributed by atoms with E-state index in [1.54, 1.807) is 0 Å². The van der Waals surface area contributed by atoms with Gasteiger partial charge in [0.15, 0.2) is 0 Å². The van der Waals surface area contributed by atoms with Gasteiger partial charge < -0.3 is 4.74 Å². The van der Waals surface area contributed by atoms with Crippen molar-refractivity contribution in [2.75, 3.05) is 13.2 Å². The van der Waals surface area contributed by atoms with Gasteiger partial charge in [0.25, 0.3) is 0 Å². The smallest absolute Gasteiger partial charge is 0.0563 e. The molecule has 0 saturated heterocycles. The number of hydrogen-bond acceptors (Lipinski definition) is 1. The van der Waals surface area contributed by atoms with Crippen molar-refractivity contribution in [1.29, 1.82) is 0 Å². The molecule has 6 rings (SSSR count). The van der Waals surface area contributed by atoms with E-state index in [9.17, 15) is 0 Å². The molecule has 0 aromatic heterocycles. The Hall–Kier alpha value is -1.08. The van der Waals surface area contributed by atoms with Crippen LogP contribution in [0.1, 0.15) is 246 Å². The molecule has 59 heavy (non-hydrogen) atoms. The summed E-state index contributed by atoms with van der Waals surface area (Å²) in [4.78, 5) is 0.